The number of benzene rings is 2. The average molecular weight is 421 g/mol. The number of para-hydroxylation sites is 2. The fraction of sp³-hybridized carbons (Fsp3) is 0.0952. The molecule has 0 bridgehead atoms. The van der Waals surface area contributed by atoms with E-state index in [1.807, 2.05) is 43.3 Å². The van der Waals surface area contributed by atoms with Gasteiger partial charge in [-0.2, -0.15) is 0 Å². The van der Waals surface area contributed by atoms with Crippen molar-refractivity contribution < 1.29 is 13.9 Å². The monoisotopic (exact) mass is 421 g/mol. The number of hydrogen-bond donors (Lipinski definition) is 2. The van der Waals surface area contributed by atoms with E-state index in [0.717, 1.165) is 5.56 Å². The van der Waals surface area contributed by atoms with Gasteiger partial charge < -0.3 is 20.3 Å². The van der Waals surface area contributed by atoms with Crippen LogP contribution in [0.5, 0.6) is 11.5 Å². The van der Waals surface area contributed by atoms with Crippen molar-refractivity contribution in [1.82, 2.24) is 14.9 Å². The lowest BCUT2D eigenvalue weighted by Crippen LogP contribution is -2.16. The maximum atomic E-state index is 12.5. The van der Waals surface area contributed by atoms with Crippen molar-refractivity contribution in [2.75, 3.05) is 16.9 Å². The molecule has 1 amide bonds. The van der Waals surface area contributed by atoms with E-state index < -0.39 is 0 Å². The van der Waals surface area contributed by atoms with Gasteiger partial charge in [0.15, 0.2) is 11.5 Å². The Morgan fingerprint density at radius 3 is 2.70 bits per heavy atom. The lowest BCUT2D eigenvalue weighted by Gasteiger charge is -2.12. The van der Waals surface area contributed by atoms with E-state index in [9.17, 15) is 4.79 Å². The summed E-state index contributed by atoms with van der Waals surface area (Å²) >= 11 is 1.17. The molecule has 0 saturated heterocycles. The highest BCUT2D eigenvalue weighted by molar-refractivity contribution is 7.99. The summed E-state index contributed by atoms with van der Waals surface area (Å²) in [4.78, 5) is 12.5. The molecule has 0 aliphatic heterocycles. The molecule has 30 heavy (non-hydrogen) atoms. The third-order valence-corrected chi connectivity index (χ3v) is 5.09. The molecule has 0 unspecified atom stereocenters. The molecule has 0 aliphatic carbocycles. The van der Waals surface area contributed by atoms with Gasteiger partial charge in [0.1, 0.15) is 5.75 Å². The maximum Gasteiger partial charge on any atom is 0.234 e. The Kier molecular flexibility index (Phi) is 5.71. The molecule has 9 heteroatoms. The molecule has 2 aromatic heterocycles. The van der Waals surface area contributed by atoms with Crippen molar-refractivity contribution in [3.63, 3.8) is 0 Å². The fourth-order valence-electron chi connectivity index (χ4n) is 2.66. The number of carbonyl (C=O) groups excluding carboxylic acids is 1. The SMILES string of the molecule is Cc1ccc(Oc2ccccc2NC(=O)CSc2nnc(-c3ccco3)n2N)cc1. The summed E-state index contributed by atoms with van der Waals surface area (Å²) in [6.07, 6.45) is 1.53. The largest absolute Gasteiger partial charge is 0.461 e. The zero-order chi connectivity index (χ0) is 20.9. The molecule has 0 radical (unpaired) electrons. The van der Waals surface area contributed by atoms with Crippen LogP contribution in [0.1, 0.15) is 5.56 Å². The van der Waals surface area contributed by atoms with Gasteiger partial charge in [0.25, 0.3) is 0 Å². The minimum atomic E-state index is -0.220. The third kappa shape index (κ3) is 4.47. The predicted octanol–water partition coefficient (Wildman–Crippen LogP) is 4.08. The van der Waals surface area contributed by atoms with Crippen molar-refractivity contribution in [3.05, 3.63) is 72.5 Å². The zero-order valence-electron chi connectivity index (χ0n) is 16.1. The molecule has 8 nitrogen and oxygen atoms in total. The highest BCUT2D eigenvalue weighted by atomic mass is 32.2. The van der Waals surface area contributed by atoms with Crippen LogP contribution in [0.4, 0.5) is 5.69 Å². The van der Waals surface area contributed by atoms with Crippen molar-refractivity contribution >= 4 is 23.4 Å². The fourth-order valence-corrected chi connectivity index (χ4v) is 3.31. The molecule has 2 heterocycles. The highest BCUT2D eigenvalue weighted by Gasteiger charge is 2.16. The number of nitrogen functional groups attached to an aromatic ring is 1. The molecular weight excluding hydrogens is 402 g/mol. The molecule has 3 N–H and O–H groups in total. The standard InChI is InChI=1S/C21H19N5O3S/c1-14-8-10-15(11-9-14)29-17-6-3-2-5-16(17)23-19(27)13-30-21-25-24-20(26(21)22)18-7-4-12-28-18/h2-12H,13,22H2,1H3,(H,23,27). The van der Waals surface area contributed by atoms with Crippen molar-refractivity contribution in [2.24, 2.45) is 0 Å². The number of amides is 1. The van der Waals surface area contributed by atoms with Gasteiger partial charge in [-0.05, 0) is 43.3 Å². The van der Waals surface area contributed by atoms with E-state index in [-0.39, 0.29) is 11.7 Å². The molecular formula is C21H19N5O3S. The van der Waals surface area contributed by atoms with E-state index in [1.54, 1.807) is 24.3 Å². The van der Waals surface area contributed by atoms with E-state index in [2.05, 4.69) is 15.5 Å². The number of anilines is 1. The Bertz CT molecular complexity index is 1140. The third-order valence-electron chi connectivity index (χ3n) is 4.15. The predicted molar refractivity (Wildman–Crippen MR) is 115 cm³/mol. The first-order chi connectivity index (χ1) is 14.6. The molecule has 0 atom stereocenters. The minimum absolute atomic E-state index is 0.104. The second-order valence-electron chi connectivity index (χ2n) is 6.40. The lowest BCUT2D eigenvalue weighted by molar-refractivity contribution is -0.113. The van der Waals surface area contributed by atoms with Gasteiger partial charge in [-0.3, -0.25) is 4.79 Å². The Labute approximate surface area is 177 Å². The number of nitrogens with one attached hydrogen (secondary N) is 1. The summed E-state index contributed by atoms with van der Waals surface area (Å²) in [6.45, 7) is 2.01. The summed E-state index contributed by atoms with van der Waals surface area (Å²) in [6, 6.07) is 18.4. The molecule has 4 aromatic rings. The normalized spacial score (nSPS) is 10.7. The zero-order valence-corrected chi connectivity index (χ0v) is 16.9. The van der Waals surface area contributed by atoms with Gasteiger partial charge in [0, 0.05) is 0 Å². The number of aromatic nitrogens is 3. The summed E-state index contributed by atoms with van der Waals surface area (Å²) in [5.74, 6) is 8.04. The van der Waals surface area contributed by atoms with Crippen LogP contribution < -0.4 is 15.9 Å². The van der Waals surface area contributed by atoms with Crippen LogP contribution in [-0.4, -0.2) is 26.5 Å². The molecule has 0 aliphatic rings. The van der Waals surface area contributed by atoms with E-state index >= 15 is 0 Å². The number of aryl methyl sites for hydroxylation is 1. The van der Waals surface area contributed by atoms with Gasteiger partial charge >= 0.3 is 0 Å². The van der Waals surface area contributed by atoms with Crippen molar-refractivity contribution in [1.29, 1.82) is 0 Å². The first-order valence-electron chi connectivity index (χ1n) is 9.11. The van der Waals surface area contributed by atoms with Crippen LogP contribution in [0.25, 0.3) is 11.6 Å². The lowest BCUT2D eigenvalue weighted by atomic mass is 10.2. The minimum Gasteiger partial charge on any atom is -0.461 e. The average Bonchev–Trinajstić information content (AvgIpc) is 3.39. The number of nitrogens with two attached hydrogens (primary N) is 1. The summed E-state index contributed by atoms with van der Waals surface area (Å²) in [7, 11) is 0. The first-order valence-corrected chi connectivity index (χ1v) is 10.1. The molecule has 4 rings (SSSR count). The van der Waals surface area contributed by atoms with E-state index in [0.29, 0.717) is 33.9 Å². The van der Waals surface area contributed by atoms with Crippen LogP contribution in [0.15, 0.2) is 76.5 Å². The molecule has 0 saturated carbocycles. The van der Waals surface area contributed by atoms with Gasteiger partial charge in [-0.1, -0.05) is 41.6 Å². The summed E-state index contributed by atoms with van der Waals surface area (Å²) < 4.78 is 12.5. The van der Waals surface area contributed by atoms with E-state index in [1.165, 1.54) is 22.7 Å². The number of furan rings is 1. The van der Waals surface area contributed by atoms with Gasteiger partial charge in [0.2, 0.25) is 16.9 Å². The quantitative estimate of drug-likeness (QED) is 0.342. The molecule has 0 fully saturated rings. The number of carbonyl (C=O) groups is 1. The van der Waals surface area contributed by atoms with Crippen molar-refractivity contribution in [2.45, 2.75) is 12.1 Å². The van der Waals surface area contributed by atoms with Crippen molar-refractivity contribution in [3.8, 4) is 23.1 Å². The second kappa shape index (κ2) is 8.75. The van der Waals surface area contributed by atoms with E-state index in [4.69, 9.17) is 15.0 Å². The van der Waals surface area contributed by atoms with Gasteiger partial charge in [-0.25, -0.2) is 4.68 Å². The number of rotatable bonds is 7. The molecule has 152 valence electrons. The number of nitrogens with zero attached hydrogens (tertiary/aromatic N) is 3. The Morgan fingerprint density at radius 1 is 1.13 bits per heavy atom. The Morgan fingerprint density at radius 2 is 1.93 bits per heavy atom. The smallest absolute Gasteiger partial charge is 0.234 e. The topological polar surface area (TPSA) is 108 Å². The van der Waals surface area contributed by atoms with Gasteiger partial charge in [-0.15, -0.1) is 10.2 Å². The molecule has 0 spiro atoms. The van der Waals surface area contributed by atoms with Crippen LogP contribution in [-0.2, 0) is 4.79 Å². The van der Waals surface area contributed by atoms with Crippen LogP contribution in [0.3, 0.4) is 0 Å². The number of thioether (sulfide) groups is 1. The summed E-state index contributed by atoms with van der Waals surface area (Å²) in [5.41, 5.74) is 1.72. The Hall–Kier alpha value is -3.72. The maximum absolute atomic E-state index is 12.5. The van der Waals surface area contributed by atoms with Crippen LogP contribution in [0.2, 0.25) is 0 Å². The highest BCUT2D eigenvalue weighted by Crippen LogP contribution is 2.30. The van der Waals surface area contributed by atoms with Gasteiger partial charge in [0.05, 0.1) is 17.7 Å². The first kappa shape index (κ1) is 19.6. The number of ether oxygens (including phenoxy) is 1. The second-order valence-corrected chi connectivity index (χ2v) is 7.34. The molecule has 2 aromatic carbocycles. The van der Waals surface area contributed by atoms with Crippen LogP contribution in [0, 0.1) is 6.92 Å². The summed E-state index contributed by atoms with van der Waals surface area (Å²) in [5, 5.41) is 11.3. The van der Waals surface area contributed by atoms with Crippen LogP contribution >= 0.6 is 11.8 Å². The Balaban J connectivity index is 1.40. The number of hydrogen-bond acceptors (Lipinski definition) is 7.